The molecule has 2 aromatic rings. The molecule has 1 aromatic heterocycles. The summed E-state index contributed by atoms with van der Waals surface area (Å²) in [4.78, 5) is -1.03. The van der Waals surface area contributed by atoms with Crippen LogP contribution < -0.4 is 0 Å². The third kappa shape index (κ3) is 3.75. The lowest BCUT2D eigenvalue weighted by Gasteiger charge is -2.13. The van der Waals surface area contributed by atoms with Crippen molar-refractivity contribution >= 4 is 34.0 Å². The summed E-state index contributed by atoms with van der Waals surface area (Å²) in [5.41, 5.74) is -8.34. The Morgan fingerprint density at radius 3 is 2.04 bits per heavy atom. The molecule has 1 aromatic carbocycles. The monoisotopic (exact) mass is 421 g/mol. The van der Waals surface area contributed by atoms with Crippen LogP contribution in [0.2, 0.25) is 10.0 Å². The lowest BCUT2D eigenvalue weighted by Crippen LogP contribution is -2.17. The van der Waals surface area contributed by atoms with Crippen LogP contribution in [-0.4, -0.2) is 19.9 Å². The highest BCUT2D eigenvalue weighted by Gasteiger charge is 2.42. The van der Waals surface area contributed by atoms with Gasteiger partial charge >= 0.3 is 11.7 Å². The van der Waals surface area contributed by atoms with Gasteiger partial charge in [-0.1, -0.05) is 23.2 Å². The Morgan fingerprint density at radius 1 is 1.12 bits per heavy atom. The van der Waals surface area contributed by atoms with E-state index in [9.17, 15) is 30.6 Å². The van der Waals surface area contributed by atoms with E-state index < -0.39 is 54.4 Å². The minimum Gasteiger partial charge on any atom is -0.275 e. The van der Waals surface area contributed by atoms with Crippen LogP contribution in [0, 0.1) is 11.3 Å². The number of nitrogens with zero attached hydrogens (tertiary/aromatic N) is 2. The van der Waals surface area contributed by atoms with Crippen molar-refractivity contribution in [2.45, 2.75) is 16.6 Å². The van der Waals surface area contributed by atoms with Crippen molar-refractivity contribution in [2.24, 2.45) is 0 Å². The highest BCUT2D eigenvalue weighted by atomic mass is 35.5. The van der Waals surface area contributed by atoms with Gasteiger partial charge in [0.2, 0.25) is 0 Å². The zero-order valence-corrected chi connectivity index (χ0v) is 13.7. The Bertz CT molecular complexity index is 877. The van der Waals surface area contributed by atoms with E-state index in [-0.39, 0.29) is 5.56 Å². The molecule has 1 unspecified atom stereocenters. The largest absolute Gasteiger partial charge is 0.476 e. The molecule has 0 saturated heterocycles. The van der Waals surface area contributed by atoms with Crippen LogP contribution in [0.25, 0.3) is 11.3 Å². The van der Waals surface area contributed by atoms with Crippen molar-refractivity contribution in [1.29, 1.82) is 5.26 Å². The van der Waals surface area contributed by atoms with Gasteiger partial charge in [0.15, 0.2) is 16.5 Å². The predicted molar refractivity (Wildman–Crippen MR) is 76.2 cm³/mol. The molecule has 0 aliphatic heterocycles. The summed E-state index contributed by atoms with van der Waals surface area (Å²) in [5.74, 6) is 0. The second-order valence-corrected chi connectivity index (χ2v) is 6.64. The predicted octanol–water partition coefficient (Wildman–Crippen LogP) is 4.90. The molecule has 0 amide bonds. The summed E-state index contributed by atoms with van der Waals surface area (Å²) in [7, 11) is -3.65. The van der Waals surface area contributed by atoms with E-state index in [0.717, 1.165) is 0 Å². The highest BCUT2D eigenvalue weighted by Crippen LogP contribution is 2.43. The molecule has 0 radical (unpaired) electrons. The third-order valence-electron chi connectivity index (χ3n) is 2.84. The first kappa shape index (κ1) is 19.6. The number of hydrogen-bond acceptors (Lipinski definition) is 3. The van der Waals surface area contributed by atoms with E-state index in [1.54, 1.807) is 0 Å². The van der Waals surface area contributed by atoms with Crippen LogP contribution in [-0.2, 0) is 17.0 Å². The van der Waals surface area contributed by atoms with E-state index in [2.05, 4.69) is 5.10 Å². The molecule has 2 rings (SSSR count). The smallest absolute Gasteiger partial charge is 0.275 e. The van der Waals surface area contributed by atoms with Crippen LogP contribution in [0.1, 0.15) is 11.3 Å². The molecule has 0 fully saturated rings. The molecule has 4 nitrogen and oxygen atoms in total. The number of alkyl halides is 6. The minimum absolute atomic E-state index is 0.343. The van der Waals surface area contributed by atoms with E-state index >= 15 is 0 Å². The standard InChI is InChI=1S/C12H3Cl2F6N3OS/c13-5-1-4(2-6(14)8(5)11(15,16)17)9-10(7(3-21)22-23-9)25(24)12(18,19)20/h1-2H,(H,22,23). The SMILES string of the molecule is N#Cc1n[nH]c(-c2cc(Cl)c(C(F)(F)F)c(Cl)c2)c1S(=O)C(F)(F)F. The Balaban J connectivity index is 2.72. The van der Waals surface area contributed by atoms with Gasteiger partial charge in [0, 0.05) is 5.56 Å². The van der Waals surface area contributed by atoms with Gasteiger partial charge in [0.05, 0.1) is 21.3 Å². The van der Waals surface area contributed by atoms with Crippen LogP contribution in [0.3, 0.4) is 0 Å². The van der Waals surface area contributed by atoms with E-state index in [1.807, 2.05) is 5.10 Å². The van der Waals surface area contributed by atoms with Gasteiger partial charge in [0.25, 0.3) is 0 Å². The molecule has 0 aliphatic carbocycles. The molecule has 13 heteroatoms. The number of aromatic nitrogens is 2. The average Bonchev–Trinajstić information content (AvgIpc) is 2.86. The van der Waals surface area contributed by atoms with Crippen LogP contribution in [0.5, 0.6) is 0 Å². The van der Waals surface area contributed by atoms with Crippen LogP contribution in [0.15, 0.2) is 17.0 Å². The second kappa shape index (κ2) is 6.51. The zero-order chi connectivity index (χ0) is 19.2. The van der Waals surface area contributed by atoms with Gasteiger partial charge < -0.3 is 0 Å². The second-order valence-electron chi connectivity index (χ2n) is 4.42. The van der Waals surface area contributed by atoms with Crippen molar-refractivity contribution in [3.05, 3.63) is 33.4 Å². The Hall–Kier alpha value is -1.77. The number of hydrogen-bond donors (Lipinski definition) is 1. The average molecular weight is 422 g/mol. The number of nitrogens with one attached hydrogen (secondary N) is 1. The maximum Gasteiger partial charge on any atom is 0.476 e. The number of aromatic amines is 1. The fraction of sp³-hybridized carbons (Fsp3) is 0.167. The van der Waals surface area contributed by atoms with Gasteiger partial charge in [-0.3, -0.25) is 5.10 Å². The maximum atomic E-state index is 12.8. The summed E-state index contributed by atoms with van der Waals surface area (Å²) >= 11 is 11.1. The van der Waals surface area contributed by atoms with Crippen molar-refractivity contribution in [3.8, 4) is 17.3 Å². The summed E-state index contributed by atoms with van der Waals surface area (Å²) in [6, 6.07) is 2.69. The lowest BCUT2D eigenvalue weighted by molar-refractivity contribution is -0.137. The summed E-state index contributed by atoms with van der Waals surface area (Å²) in [5, 5.41) is 12.4. The van der Waals surface area contributed by atoms with E-state index in [1.165, 1.54) is 6.07 Å². The maximum absolute atomic E-state index is 12.8. The first-order valence-corrected chi connectivity index (χ1v) is 7.82. The molecule has 1 atom stereocenters. The molecular formula is C12H3Cl2F6N3OS. The van der Waals surface area contributed by atoms with Crippen molar-refractivity contribution in [3.63, 3.8) is 0 Å². The Kier molecular flexibility index (Phi) is 5.09. The Labute approximate surface area is 147 Å². The summed E-state index contributed by atoms with van der Waals surface area (Å²) in [6.45, 7) is 0. The van der Waals surface area contributed by atoms with Crippen molar-refractivity contribution < 1.29 is 30.6 Å². The van der Waals surface area contributed by atoms with Gasteiger partial charge in [-0.15, -0.1) is 0 Å². The topological polar surface area (TPSA) is 69.5 Å². The van der Waals surface area contributed by atoms with Gasteiger partial charge in [-0.25, -0.2) is 4.21 Å². The molecule has 134 valence electrons. The number of halogens is 8. The Morgan fingerprint density at radius 2 is 1.64 bits per heavy atom. The van der Waals surface area contributed by atoms with Crippen molar-refractivity contribution in [2.75, 3.05) is 0 Å². The van der Waals surface area contributed by atoms with E-state index in [4.69, 9.17) is 28.5 Å². The fourth-order valence-electron chi connectivity index (χ4n) is 1.89. The fourth-order valence-corrected chi connectivity index (χ4v) is 3.44. The van der Waals surface area contributed by atoms with Gasteiger partial charge in [-0.2, -0.15) is 36.7 Å². The summed E-state index contributed by atoms with van der Waals surface area (Å²) < 4.78 is 88.4. The normalized spacial score (nSPS) is 13.6. The first-order chi connectivity index (χ1) is 11.4. The van der Waals surface area contributed by atoms with Crippen molar-refractivity contribution in [1.82, 2.24) is 10.2 Å². The van der Waals surface area contributed by atoms with E-state index in [0.29, 0.717) is 12.1 Å². The number of nitriles is 1. The minimum atomic E-state index is -5.22. The molecule has 25 heavy (non-hydrogen) atoms. The molecule has 1 N–H and O–H groups in total. The lowest BCUT2D eigenvalue weighted by atomic mass is 10.1. The van der Waals surface area contributed by atoms with Crippen LogP contribution >= 0.6 is 23.2 Å². The molecule has 1 heterocycles. The number of H-pyrrole nitrogens is 1. The molecule has 0 spiro atoms. The quantitative estimate of drug-likeness (QED) is 0.700. The molecular weight excluding hydrogens is 419 g/mol. The zero-order valence-electron chi connectivity index (χ0n) is 11.4. The molecule has 0 bridgehead atoms. The highest BCUT2D eigenvalue weighted by molar-refractivity contribution is 7.86. The molecule has 0 aliphatic rings. The number of rotatable bonds is 2. The third-order valence-corrected chi connectivity index (χ3v) is 4.62. The van der Waals surface area contributed by atoms with Gasteiger partial charge in [0.1, 0.15) is 11.0 Å². The first-order valence-electron chi connectivity index (χ1n) is 5.91. The molecule has 0 saturated carbocycles. The summed E-state index contributed by atoms with van der Waals surface area (Å²) in [6.07, 6.45) is -4.89. The van der Waals surface area contributed by atoms with Crippen LogP contribution in [0.4, 0.5) is 26.3 Å². The number of benzene rings is 1. The van der Waals surface area contributed by atoms with Gasteiger partial charge in [-0.05, 0) is 12.1 Å².